The second-order valence-electron chi connectivity index (χ2n) is 4.53. The van der Waals surface area contributed by atoms with Crippen molar-refractivity contribution in [3.63, 3.8) is 0 Å². The molecule has 2 heteroatoms. The SMILES string of the molecule is ClC1CC(OCC2CCCCC2)C1. The van der Waals surface area contributed by atoms with Crippen molar-refractivity contribution in [1.82, 2.24) is 0 Å². The molecular weight excluding hydrogens is 184 g/mol. The van der Waals surface area contributed by atoms with Gasteiger partial charge < -0.3 is 4.74 Å². The third kappa shape index (κ3) is 2.85. The molecule has 0 spiro atoms. The summed E-state index contributed by atoms with van der Waals surface area (Å²) in [5, 5.41) is 0.399. The van der Waals surface area contributed by atoms with Crippen LogP contribution in [0, 0.1) is 5.92 Å². The van der Waals surface area contributed by atoms with Gasteiger partial charge in [0.1, 0.15) is 0 Å². The van der Waals surface area contributed by atoms with Crippen molar-refractivity contribution >= 4 is 11.6 Å². The fourth-order valence-electron chi connectivity index (χ4n) is 2.26. The Bertz CT molecular complexity index is 148. The maximum atomic E-state index is 5.89. The van der Waals surface area contributed by atoms with E-state index in [0.717, 1.165) is 25.4 Å². The van der Waals surface area contributed by atoms with E-state index in [2.05, 4.69) is 0 Å². The normalized spacial score (nSPS) is 35.8. The van der Waals surface area contributed by atoms with Crippen molar-refractivity contribution in [2.45, 2.75) is 56.4 Å². The molecular formula is C11H19ClO. The molecule has 0 unspecified atom stereocenters. The lowest BCUT2D eigenvalue weighted by atomic mass is 9.89. The lowest BCUT2D eigenvalue weighted by molar-refractivity contribution is -0.0190. The minimum atomic E-state index is 0.399. The van der Waals surface area contributed by atoms with E-state index in [1.165, 1.54) is 32.1 Å². The largest absolute Gasteiger partial charge is 0.378 e. The Morgan fingerprint density at radius 3 is 2.38 bits per heavy atom. The average Bonchev–Trinajstić information content (AvgIpc) is 2.12. The van der Waals surface area contributed by atoms with Crippen LogP contribution in [0.25, 0.3) is 0 Å². The van der Waals surface area contributed by atoms with E-state index in [9.17, 15) is 0 Å². The first-order valence-electron chi connectivity index (χ1n) is 5.60. The van der Waals surface area contributed by atoms with Crippen LogP contribution in [0.5, 0.6) is 0 Å². The Hall–Kier alpha value is 0.250. The second kappa shape index (κ2) is 4.65. The summed E-state index contributed by atoms with van der Waals surface area (Å²) in [4.78, 5) is 0. The Morgan fingerprint density at radius 1 is 1.08 bits per heavy atom. The van der Waals surface area contributed by atoms with Crippen LogP contribution in [0.2, 0.25) is 0 Å². The number of rotatable bonds is 3. The summed E-state index contributed by atoms with van der Waals surface area (Å²) in [5.41, 5.74) is 0. The summed E-state index contributed by atoms with van der Waals surface area (Å²) in [7, 11) is 0. The van der Waals surface area contributed by atoms with Gasteiger partial charge in [-0.1, -0.05) is 19.3 Å². The Kier molecular flexibility index (Phi) is 3.51. The highest BCUT2D eigenvalue weighted by molar-refractivity contribution is 6.21. The number of hydrogen-bond acceptors (Lipinski definition) is 1. The third-order valence-electron chi connectivity index (χ3n) is 3.33. The molecule has 0 radical (unpaired) electrons. The summed E-state index contributed by atoms with van der Waals surface area (Å²) >= 11 is 5.89. The molecule has 0 atom stereocenters. The van der Waals surface area contributed by atoms with E-state index < -0.39 is 0 Å². The van der Waals surface area contributed by atoms with Gasteiger partial charge in [-0.05, 0) is 31.6 Å². The van der Waals surface area contributed by atoms with Gasteiger partial charge in [0.25, 0.3) is 0 Å². The number of ether oxygens (including phenoxy) is 1. The van der Waals surface area contributed by atoms with Crippen LogP contribution in [-0.2, 0) is 4.74 Å². The van der Waals surface area contributed by atoms with E-state index in [4.69, 9.17) is 16.3 Å². The van der Waals surface area contributed by atoms with Crippen molar-refractivity contribution in [1.29, 1.82) is 0 Å². The number of hydrogen-bond donors (Lipinski definition) is 0. The van der Waals surface area contributed by atoms with Crippen molar-refractivity contribution < 1.29 is 4.74 Å². The van der Waals surface area contributed by atoms with Crippen LogP contribution in [0.15, 0.2) is 0 Å². The summed E-state index contributed by atoms with van der Waals surface area (Å²) in [6.45, 7) is 0.994. The summed E-state index contributed by atoms with van der Waals surface area (Å²) in [6, 6.07) is 0. The Labute approximate surface area is 85.8 Å². The minimum Gasteiger partial charge on any atom is -0.378 e. The summed E-state index contributed by atoms with van der Waals surface area (Å²) in [6.07, 6.45) is 9.68. The molecule has 0 N–H and O–H groups in total. The molecule has 0 aromatic heterocycles. The molecule has 2 fully saturated rings. The fraction of sp³-hybridized carbons (Fsp3) is 1.00. The van der Waals surface area contributed by atoms with Crippen molar-refractivity contribution in [2.24, 2.45) is 5.92 Å². The summed E-state index contributed by atoms with van der Waals surface area (Å²) < 4.78 is 5.80. The minimum absolute atomic E-state index is 0.399. The van der Waals surface area contributed by atoms with E-state index in [1.54, 1.807) is 0 Å². The topological polar surface area (TPSA) is 9.23 Å². The number of halogens is 1. The molecule has 0 aliphatic heterocycles. The quantitative estimate of drug-likeness (QED) is 0.638. The van der Waals surface area contributed by atoms with Gasteiger partial charge in [-0.25, -0.2) is 0 Å². The van der Waals surface area contributed by atoms with Gasteiger partial charge in [-0.15, -0.1) is 11.6 Å². The maximum Gasteiger partial charge on any atom is 0.0603 e. The van der Waals surface area contributed by atoms with Crippen LogP contribution in [0.4, 0.5) is 0 Å². The summed E-state index contributed by atoms with van der Waals surface area (Å²) in [5.74, 6) is 0.850. The first-order valence-corrected chi connectivity index (χ1v) is 6.04. The molecule has 76 valence electrons. The van der Waals surface area contributed by atoms with Crippen molar-refractivity contribution in [3.8, 4) is 0 Å². The van der Waals surface area contributed by atoms with Crippen LogP contribution in [0.3, 0.4) is 0 Å². The second-order valence-corrected chi connectivity index (χ2v) is 5.15. The zero-order valence-electron chi connectivity index (χ0n) is 8.18. The lowest BCUT2D eigenvalue weighted by Crippen LogP contribution is -2.33. The van der Waals surface area contributed by atoms with Gasteiger partial charge in [-0.2, -0.15) is 0 Å². The molecule has 2 rings (SSSR count). The predicted molar refractivity (Wildman–Crippen MR) is 55.2 cm³/mol. The highest BCUT2D eigenvalue weighted by Crippen LogP contribution is 2.30. The maximum absolute atomic E-state index is 5.89. The van der Waals surface area contributed by atoms with Gasteiger partial charge in [0.15, 0.2) is 0 Å². The first-order chi connectivity index (χ1) is 6.34. The van der Waals surface area contributed by atoms with E-state index >= 15 is 0 Å². The van der Waals surface area contributed by atoms with Crippen LogP contribution in [0.1, 0.15) is 44.9 Å². The molecule has 0 saturated heterocycles. The van der Waals surface area contributed by atoms with Crippen molar-refractivity contribution in [3.05, 3.63) is 0 Å². The molecule has 0 amide bonds. The molecule has 2 aliphatic rings. The Balaban J connectivity index is 1.56. The highest BCUT2D eigenvalue weighted by atomic mass is 35.5. The molecule has 0 aromatic carbocycles. The zero-order valence-corrected chi connectivity index (χ0v) is 8.93. The van der Waals surface area contributed by atoms with E-state index in [1.807, 2.05) is 0 Å². The van der Waals surface area contributed by atoms with E-state index in [-0.39, 0.29) is 0 Å². The van der Waals surface area contributed by atoms with E-state index in [0.29, 0.717) is 11.5 Å². The standard InChI is InChI=1S/C11H19ClO/c12-10-6-11(7-10)13-8-9-4-2-1-3-5-9/h9-11H,1-8H2. The lowest BCUT2D eigenvalue weighted by Gasteiger charge is -2.32. The van der Waals surface area contributed by atoms with Gasteiger partial charge >= 0.3 is 0 Å². The molecule has 2 aliphatic carbocycles. The van der Waals surface area contributed by atoms with Crippen LogP contribution >= 0.6 is 11.6 Å². The van der Waals surface area contributed by atoms with Crippen LogP contribution in [-0.4, -0.2) is 18.1 Å². The fourth-order valence-corrected chi connectivity index (χ4v) is 2.66. The smallest absolute Gasteiger partial charge is 0.0603 e. The Morgan fingerprint density at radius 2 is 1.77 bits per heavy atom. The first kappa shape index (κ1) is 9.79. The van der Waals surface area contributed by atoms with Gasteiger partial charge in [0.2, 0.25) is 0 Å². The van der Waals surface area contributed by atoms with Gasteiger partial charge in [-0.3, -0.25) is 0 Å². The van der Waals surface area contributed by atoms with Gasteiger partial charge in [0.05, 0.1) is 6.10 Å². The van der Waals surface area contributed by atoms with Gasteiger partial charge in [0, 0.05) is 12.0 Å². The predicted octanol–water partition coefficient (Wildman–Crippen LogP) is 3.35. The molecule has 0 bridgehead atoms. The molecule has 0 aromatic rings. The molecule has 2 saturated carbocycles. The highest BCUT2D eigenvalue weighted by Gasteiger charge is 2.28. The third-order valence-corrected chi connectivity index (χ3v) is 3.69. The number of alkyl halides is 1. The van der Waals surface area contributed by atoms with Crippen molar-refractivity contribution in [2.75, 3.05) is 6.61 Å². The zero-order chi connectivity index (χ0) is 9.10. The monoisotopic (exact) mass is 202 g/mol. The average molecular weight is 203 g/mol. The van der Waals surface area contributed by atoms with Crippen LogP contribution < -0.4 is 0 Å². The molecule has 13 heavy (non-hydrogen) atoms. The molecule has 0 heterocycles. The molecule has 1 nitrogen and oxygen atoms in total.